The van der Waals surface area contributed by atoms with Crippen LogP contribution in [0.1, 0.15) is 18.0 Å². The molecule has 0 heterocycles. The molecule has 0 aliphatic heterocycles. The lowest BCUT2D eigenvalue weighted by molar-refractivity contribution is -0.137. The third-order valence-electron chi connectivity index (χ3n) is 2.07. The van der Waals surface area contributed by atoms with Crippen molar-refractivity contribution in [1.82, 2.24) is 0 Å². The molecule has 0 amide bonds. The molecule has 0 aromatic heterocycles. The van der Waals surface area contributed by atoms with Gasteiger partial charge in [0.15, 0.2) is 0 Å². The lowest BCUT2D eigenvalue weighted by atomic mass is 10.0. The minimum absolute atomic E-state index is 0.200. The molecule has 1 aromatic rings. The van der Waals surface area contributed by atoms with Crippen LogP contribution in [-0.2, 0) is 4.79 Å². The van der Waals surface area contributed by atoms with Crippen LogP contribution in [0.25, 0.3) is 0 Å². The van der Waals surface area contributed by atoms with Gasteiger partial charge in [-0.05, 0) is 6.07 Å². The highest BCUT2D eigenvalue weighted by Gasteiger charge is 2.17. The Balaban J connectivity index is 3.10. The van der Waals surface area contributed by atoms with Gasteiger partial charge >= 0.3 is 5.97 Å². The van der Waals surface area contributed by atoms with E-state index < -0.39 is 12.0 Å². The number of hydrogen-bond donors (Lipinski definition) is 2. The Morgan fingerprint density at radius 2 is 2.06 bits per heavy atom. The van der Waals surface area contributed by atoms with Crippen LogP contribution >= 0.6 is 23.2 Å². The molecule has 16 heavy (non-hydrogen) atoms. The van der Waals surface area contributed by atoms with E-state index in [1.54, 1.807) is 0 Å². The maximum atomic E-state index is 10.6. The van der Waals surface area contributed by atoms with E-state index in [1.807, 2.05) is 0 Å². The number of carboxylic acids is 1. The summed E-state index contributed by atoms with van der Waals surface area (Å²) in [6, 6.07) is 2.36. The highest BCUT2D eigenvalue weighted by molar-refractivity contribution is 6.42. The molecule has 0 unspecified atom stereocenters. The molecule has 0 saturated carbocycles. The first kappa shape index (κ1) is 13.1. The molecule has 1 atom stereocenters. The number of hydrogen-bond acceptors (Lipinski definition) is 3. The summed E-state index contributed by atoms with van der Waals surface area (Å²) >= 11 is 11.6. The molecule has 6 heteroatoms. The molecule has 0 spiro atoms. The Bertz CT molecular complexity index is 409. The van der Waals surface area contributed by atoms with Crippen molar-refractivity contribution in [2.24, 2.45) is 5.73 Å². The largest absolute Gasteiger partial charge is 0.496 e. The molecule has 1 rings (SSSR count). The van der Waals surface area contributed by atoms with Crippen LogP contribution in [0.4, 0.5) is 0 Å². The number of carboxylic acid groups (broad SMARTS) is 1. The van der Waals surface area contributed by atoms with Gasteiger partial charge in [-0.3, -0.25) is 4.79 Å². The first-order valence-corrected chi connectivity index (χ1v) is 5.21. The van der Waals surface area contributed by atoms with Gasteiger partial charge in [0.25, 0.3) is 0 Å². The van der Waals surface area contributed by atoms with Crippen LogP contribution in [0.5, 0.6) is 5.75 Å². The summed E-state index contributed by atoms with van der Waals surface area (Å²) in [5.74, 6) is -0.552. The first-order valence-electron chi connectivity index (χ1n) is 4.46. The van der Waals surface area contributed by atoms with Gasteiger partial charge < -0.3 is 15.6 Å². The molecule has 0 fully saturated rings. The molecular formula is C10H11Cl2NO3. The molecule has 0 aliphatic rings. The van der Waals surface area contributed by atoms with Crippen LogP contribution in [0, 0.1) is 0 Å². The number of aliphatic carboxylic acids is 1. The Kier molecular flexibility index (Phi) is 4.41. The second-order valence-corrected chi connectivity index (χ2v) is 4.03. The fourth-order valence-corrected chi connectivity index (χ4v) is 1.63. The van der Waals surface area contributed by atoms with Crippen molar-refractivity contribution in [2.75, 3.05) is 7.11 Å². The number of nitrogens with two attached hydrogens (primary N) is 1. The van der Waals surface area contributed by atoms with E-state index in [9.17, 15) is 4.79 Å². The summed E-state index contributed by atoms with van der Waals surface area (Å²) in [4.78, 5) is 10.6. The van der Waals surface area contributed by atoms with E-state index in [0.717, 1.165) is 0 Å². The van der Waals surface area contributed by atoms with E-state index in [1.165, 1.54) is 19.2 Å². The summed E-state index contributed by atoms with van der Waals surface area (Å²) in [6.45, 7) is 0. The zero-order valence-corrected chi connectivity index (χ0v) is 10.0. The van der Waals surface area contributed by atoms with Crippen molar-refractivity contribution in [3.05, 3.63) is 27.7 Å². The van der Waals surface area contributed by atoms with Crippen LogP contribution < -0.4 is 10.5 Å². The fourth-order valence-electron chi connectivity index (χ4n) is 1.31. The van der Waals surface area contributed by atoms with Crippen molar-refractivity contribution in [3.8, 4) is 5.75 Å². The summed E-state index contributed by atoms with van der Waals surface area (Å²) in [7, 11) is 1.45. The molecule has 0 aliphatic carbocycles. The van der Waals surface area contributed by atoms with Gasteiger partial charge in [-0.1, -0.05) is 23.2 Å². The van der Waals surface area contributed by atoms with Crippen molar-refractivity contribution in [1.29, 1.82) is 0 Å². The second kappa shape index (κ2) is 5.39. The number of halogens is 2. The quantitative estimate of drug-likeness (QED) is 0.876. The van der Waals surface area contributed by atoms with E-state index in [-0.39, 0.29) is 6.42 Å². The van der Waals surface area contributed by atoms with E-state index >= 15 is 0 Å². The smallest absolute Gasteiger partial charge is 0.305 e. The van der Waals surface area contributed by atoms with Gasteiger partial charge in [0.2, 0.25) is 0 Å². The normalized spacial score (nSPS) is 12.2. The minimum Gasteiger partial charge on any atom is -0.496 e. The van der Waals surface area contributed by atoms with Gasteiger partial charge in [-0.15, -0.1) is 0 Å². The van der Waals surface area contributed by atoms with Gasteiger partial charge in [-0.2, -0.15) is 0 Å². The second-order valence-electron chi connectivity index (χ2n) is 3.21. The Hall–Kier alpha value is -0.970. The standard InChI is InChI=1S/C10H11Cl2NO3/c1-16-9-3-7(12)6(11)2-5(9)8(13)4-10(14)15/h2-3,8H,4,13H2,1H3,(H,14,15)/t8-/m1/s1. The average Bonchev–Trinajstić information content (AvgIpc) is 2.20. The average molecular weight is 264 g/mol. The highest BCUT2D eigenvalue weighted by Crippen LogP contribution is 2.34. The summed E-state index contributed by atoms with van der Waals surface area (Å²) in [6.07, 6.45) is -0.200. The van der Waals surface area contributed by atoms with Crippen molar-refractivity contribution < 1.29 is 14.6 Å². The zero-order chi connectivity index (χ0) is 12.3. The number of carbonyl (C=O) groups is 1. The molecule has 1 aromatic carbocycles. The topological polar surface area (TPSA) is 72.5 Å². The monoisotopic (exact) mass is 263 g/mol. The predicted octanol–water partition coefficient (Wildman–Crippen LogP) is 2.48. The molecule has 0 radical (unpaired) electrons. The van der Waals surface area contributed by atoms with Crippen LogP contribution in [0.2, 0.25) is 10.0 Å². The Morgan fingerprint density at radius 1 is 1.50 bits per heavy atom. The lowest BCUT2D eigenvalue weighted by Gasteiger charge is -2.15. The van der Waals surface area contributed by atoms with Crippen molar-refractivity contribution in [2.45, 2.75) is 12.5 Å². The zero-order valence-electron chi connectivity index (χ0n) is 8.54. The summed E-state index contributed by atoms with van der Waals surface area (Å²) < 4.78 is 5.07. The van der Waals surface area contributed by atoms with Gasteiger partial charge in [-0.25, -0.2) is 0 Å². The molecule has 0 saturated heterocycles. The van der Waals surface area contributed by atoms with E-state index in [0.29, 0.717) is 21.4 Å². The first-order chi connectivity index (χ1) is 7.45. The number of ether oxygens (including phenoxy) is 1. The summed E-state index contributed by atoms with van der Waals surface area (Å²) in [5, 5.41) is 9.31. The van der Waals surface area contributed by atoms with E-state index in [2.05, 4.69) is 0 Å². The molecule has 0 bridgehead atoms. The summed E-state index contributed by atoms with van der Waals surface area (Å²) in [5.41, 5.74) is 6.26. The number of benzene rings is 1. The maximum Gasteiger partial charge on any atom is 0.305 e. The highest BCUT2D eigenvalue weighted by atomic mass is 35.5. The third-order valence-corrected chi connectivity index (χ3v) is 2.79. The molecule has 88 valence electrons. The lowest BCUT2D eigenvalue weighted by Crippen LogP contribution is -2.16. The van der Waals surface area contributed by atoms with Gasteiger partial charge in [0, 0.05) is 17.7 Å². The molecule has 3 N–H and O–H groups in total. The van der Waals surface area contributed by atoms with Crippen LogP contribution in [0.15, 0.2) is 12.1 Å². The van der Waals surface area contributed by atoms with Crippen molar-refractivity contribution >= 4 is 29.2 Å². The third kappa shape index (κ3) is 3.01. The van der Waals surface area contributed by atoms with Crippen LogP contribution in [0.3, 0.4) is 0 Å². The van der Waals surface area contributed by atoms with E-state index in [4.69, 9.17) is 38.8 Å². The maximum absolute atomic E-state index is 10.6. The SMILES string of the molecule is COc1cc(Cl)c(Cl)cc1[C@H](N)CC(=O)O. The van der Waals surface area contributed by atoms with Crippen LogP contribution in [-0.4, -0.2) is 18.2 Å². The van der Waals surface area contributed by atoms with Gasteiger partial charge in [0.1, 0.15) is 5.75 Å². The van der Waals surface area contributed by atoms with Crippen molar-refractivity contribution in [3.63, 3.8) is 0 Å². The number of rotatable bonds is 4. The molecule has 4 nitrogen and oxygen atoms in total. The predicted molar refractivity (Wildman–Crippen MR) is 62.2 cm³/mol. The fraction of sp³-hybridized carbons (Fsp3) is 0.300. The van der Waals surface area contributed by atoms with Gasteiger partial charge in [0.05, 0.1) is 23.6 Å². The Morgan fingerprint density at radius 3 is 2.56 bits per heavy atom. The Labute approximate surface area is 103 Å². The number of methoxy groups -OCH3 is 1. The molecular weight excluding hydrogens is 253 g/mol. The minimum atomic E-state index is -0.986.